The van der Waals surface area contributed by atoms with E-state index in [1.54, 1.807) is 6.08 Å². The molecule has 0 aliphatic carbocycles. The quantitative estimate of drug-likeness (QED) is 0.244. The van der Waals surface area contributed by atoms with E-state index in [2.05, 4.69) is 11.6 Å². The first-order valence-corrected chi connectivity index (χ1v) is 5.08. The van der Waals surface area contributed by atoms with Gasteiger partial charge in [0.2, 0.25) is 6.08 Å². The predicted octanol–water partition coefficient (Wildman–Crippen LogP) is 1.01. The van der Waals surface area contributed by atoms with Gasteiger partial charge in [-0.1, -0.05) is 26.2 Å². The van der Waals surface area contributed by atoms with Crippen LogP contribution < -0.4 is 0 Å². The Bertz CT molecular complexity index is 99.2. The van der Waals surface area contributed by atoms with E-state index in [-0.39, 0.29) is 0 Å². The average Bonchev–Trinajstić information content (AvgIpc) is 1.89. The zero-order valence-corrected chi connectivity index (χ0v) is 7.31. The molecule has 3 heteroatoms. The van der Waals surface area contributed by atoms with Crippen LogP contribution in [0.25, 0.3) is 0 Å². The Hall–Kier alpha value is -0.403. The van der Waals surface area contributed by atoms with Gasteiger partial charge in [0.05, 0.1) is 0 Å². The molecule has 0 spiro atoms. The Balaban J connectivity index is 2.82. The molecule has 0 aromatic carbocycles. The van der Waals surface area contributed by atoms with Crippen molar-refractivity contribution in [3.63, 3.8) is 0 Å². The molecule has 0 rings (SSSR count). The highest BCUT2D eigenvalue weighted by Gasteiger charge is 1.84. The second kappa shape index (κ2) is 7.60. The van der Waals surface area contributed by atoms with Gasteiger partial charge in [0.1, 0.15) is 0 Å². The summed E-state index contributed by atoms with van der Waals surface area (Å²) < 4.78 is 3.58. The second-order valence-corrected chi connectivity index (χ2v) is 3.50. The van der Waals surface area contributed by atoms with Gasteiger partial charge in [-0.05, 0) is 6.04 Å². The Labute approximate surface area is 58.3 Å². The van der Waals surface area contributed by atoms with Crippen molar-refractivity contribution in [3.05, 3.63) is 0 Å². The van der Waals surface area contributed by atoms with Crippen LogP contribution in [0.2, 0.25) is 6.04 Å². The summed E-state index contributed by atoms with van der Waals surface area (Å²) in [6, 6.07) is 1.17. The fraction of sp³-hybridized carbons (Fsp3) is 0.833. The van der Waals surface area contributed by atoms with Crippen LogP contribution in [0, 0.1) is 0 Å². The van der Waals surface area contributed by atoms with E-state index in [4.69, 9.17) is 0 Å². The third kappa shape index (κ3) is 7.60. The second-order valence-electron chi connectivity index (χ2n) is 2.03. The number of hydrogen-bond donors (Lipinski definition) is 0. The number of nitrogens with zero attached hydrogens (tertiary/aromatic N) is 1. The van der Waals surface area contributed by atoms with Gasteiger partial charge >= 0.3 is 0 Å². The molecule has 0 fully saturated rings. The molecule has 0 aliphatic rings. The van der Waals surface area contributed by atoms with Crippen LogP contribution in [0.4, 0.5) is 0 Å². The Kier molecular flexibility index (Phi) is 7.26. The van der Waals surface area contributed by atoms with Crippen molar-refractivity contribution in [2.24, 2.45) is 4.66 Å². The topological polar surface area (TPSA) is 29.4 Å². The fourth-order valence-corrected chi connectivity index (χ4v) is 1.49. The van der Waals surface area contributed by atoms with Gasteiger partial charge in [0.25, 0.3) is 0 Å². The summed E-state index contributed by atoms with van der Waals surface area (Å²) >= 11 is 0. The molecule has 0 saturated heterocycles. The fourth-order valence-electron chi connectivity index (χ4n) is 0.663. The number of rotatable bonds is 5. The molecule has 0 amide bonds. The summed E-state index contributed by atoms with van der Waals surface area (Å²) in [4.78, 5) is 9.58. The smallest absolute Gasteiger partial charge is 0.224 e. The zero-order chi connectivity index (χ0) is 6.95. The maximum absolute atomic E-state index is 9.58. The Morgan fingerprint density at radius 2 is 2.33 bits per heavy atom. The molecule has 0 bridgehead atoms. The minimum Gasteiger partial charge on any atom is -0.256 e. The summed E-state index contributed by atoms with van der Waals surface area (Å²) in [7, 11) is -0.408. The number of isocyanates is 1. The lowest BCUT2D eigenvalue weighted by Gasteiger charge is -1.90. The molecule has 9 heavy (non-hydrogen) atoms. The molecule has 2 nitrogen and oxygen atoms in total. The maximum Gasteiger partial charge on any atom is 0.224 e. The van der Waals surface area contributed by atoms with Gasteiger partial charge in [0.15, 0.2) is 9.68 Å². The third-order valence-electron chi connectivity index (χ3n) is 1.19. The van der Waals surface area contributed by atoms with E-state index in [9.17, 15) is 4.79 Å². The van der Waals surface area contributed by atoms with E-state index >= 15 is 0 Å². The SMILES string of the molecule is CCCCC[SiH2]N=C=O. The van der Waals surface area contributed by atoms with Crippen LogP contribution in [-0.4, -0.2) is 15.8 Å². The molecule has 0 aliphatic heterocycles. The largest absolute Gasteiger partial charge is 0.256 e. The van der Waals surface area contributed by atoms with E-state index in [1.807, 2.05) is 0 Å². The normalized spacial score (nSPS) is 9.89. The molecule has 0 heterocycles. The lowest BCUT2D eigenvalue weighted by Crippen LogP contribution is -1.83. The Morgan fingerprint density at radius 3 is 2.89 bits per heavy atom. The summed E-state index contributed by atoms with van der Waals surface area (Å²) in [5.74, 6) is 0. The molecule has 52 valence electrons. The van der Waals surface area contributed by atoms with Gasteiger partial charge < -0.3 is 0 Å². The van der Waals surface area contributed by atoms with Crippen LogP contribution in [-0.2, 0) is 4.79 Å². The first-order valence-electron chi connectivity index (χ1n) is 3.45. The molecular weight excluding hydrogens is 130 g/mol. The number of hydrogen-bond acceptors (Lipinski definition) is 2. The lowest BCUT2D eigenvalue weighted by atomic mass is 10.3. The van der Waals surface area contributed by atoms with E-state index in [0.29, 0.717) is 0 Å². The number of unbranched alkanes of at least 4 members (excludes halogenated alkanes) is 2. The molecule has 0 N–H and O–H groups in total. The molecule has 0 unspecified atom stereocenters. The van der Waals surface area contributed by atoms with E-state index < -0.39 is 9.68 Å². The summed E-state index contributed by atoms with van der Waals surface area (Å²) in [5, 5.41) is 0. The Morgan fingerprint density at radius 1 is 1.56 bits per heavy atom. The third-order valence-corrected chi connectivity index (χ3v) is 2.36. The molecule has 0 aromatic heterocycles. The van der Waals surface area contributed by atoms with Crippen LogP contribution in [0.5, 0.6) is 0 Å². The highest BCUT2D eigenvalue weighted by molar-refractivity contribution is 6.34. The minimum absolute atomic E-state index is 0.408. The highest BCUT2D eigenvalue weighted by Crippen LogP contribution is 1.97. The van der Waals surface area contributed by atoms with Gasteiger partial charge in [0, 0.05) is 0 Å². The summed E-state index contributed by atoms with van der Waals surface area (Å²) in [5.41, 5.74) is 0. The van der Waals surface area contributed by atoms with Crippen LogP contribution >= 0.6 is 0 Å². The molecule has 0 saturated carbocycles. The van der Waals surface area contributed by atoms with Crippen molar-refractivity contribution in [3.8, 4) is 0 Å². The molecule has 0 aromatic rings. The van der Waals surface area contributed by atoms with Crippen molar-refractivity contribution in [1.29, 1.82) is 0 Å². The monoisotopic (exact) mass is 143 g/mol. The van der Waals surface area contributed by atoms with Crippen molar-refractivity contribution in [2.75, 3.05) is 0 Å². The van der Waals surface area contributed by atoms with Crippen molar-refractivity contribution in [1.82, 2.24) is 0 Å². The van der Waals surface area contributed by atoms with Crippen LogP contribution in [0.1, 0.15) is 26.2 Å². The summed E-state index contributed by atoms with van der Waals surface area (Å²) in [6.45, 7) is 2.17. The first kappa shape index (κ1) is 8.60. The molecular formula is C6H13NOSi. The maximum atomic E-state index is 9.58. The van der Waals surface area contributed by atoms with Gasteiger partial charge in [-0.2, -0.15) is 0 Å². The molecule has 0 radical (unpaired) electrons. The van der Waals surface area contributed by atoms with Crippen LogP contribution in [0.3, 0.4) is 0 Å². The first-order chi connectivity index (χ1) is 4.41. The average molecular weight is 143 g/mol. The lowest BCUT2D eigenvalue weighted by molar-refractivity contribution is 0.566. The summed E-state index contributed by atoms with van der Waals surface area (Å²) in [6.07, 6.45) is 5.35. The molecule has 0 atom stereocenters. The van der Waals surface area contributed by atoms with Gasteiger partial charge in [-0.25, -0.2) is 4.79 Å². The highest BCUT2D eigenvalue weighted by atomic mass is 28.2. The predicted molar refractivity (Wildman–Crippen MR) is 41.0 cm³/mol. The van der Waals surface area contributed by atoms with Gasteiger partial charge in [-0.15, -0.1) is 0 Å². The van der Waals surface area contributed by atoms with E-state index in [0.717, 1.165) is 0 Å². The van der Waals surface area contributed by atoms with E-state index in [1.165, 1.54) is 25.3 Å². The zero-order valence-electron chi connectivity index (χ0n) is 5.89. The van der Waals surface area contributed by atoms with Crippen molar-refractivity contribution < 1.29 is 4.79 Å². The van der Waals surface area contributed by atoms with Crippen LogP contribution in [0.15, 0.2) is 4.66 Å². The standard InChI is InChI=1S/C6H13NOSi/c1-2-3-4-5-9-7-6-8/h2-5,9H2,1H3. The van der Waals surface area contributed by atoms with Crippen molar-refractivity contribution in [2.45, 2.75) is 32.2 Å². The minimum atomic E-state index is -0.408. The number of carbonyl (C=O) groups excluding carboxylic acids is 1. The van der Waals surface area contributed by atoms with Crippen molar-refractivity contribution >= 4 is 15.8 Å². The van der Waals surface area contributed by atoms with Gasteiger partial charge in [-0.3, -0.25) is 4.66 Å².